The number of nitrogens with zero attached hydrogens (tertiary/aromatic N) is 1. The van der Waals surface area contributed by atoms with Crippen LogP contribution < -0.4 is 5.56 Å². The highest BCUT2D eigenvalue weighted by atomic mass is 16.1. The molecule has 4 aliphatic rings. The first kappa shape index (κ1) is 31.5. The average molecular weight is 748 g/mol. The Hall–Kier alpha value is -7.55. The number of pyridine rings is 1. The molecule has 0 saturated heterocycles. The number of hydrogen-bond donors (Lipinski definition) is 0. The van der Waals surface area contributed by atoms with Gasteiger partial charge in [-0.25, -0.2) is 0 Å². The number of aromatic nitrogens is 1. The normalized spacial score (nSPS) is 14.8. The van der Waals surface area contributed by atoms with E-state index in [0.717, 1.165) is 22.0 Å². The third-order valence-corrected chi connectivity index (χ3v) is 14.2. The Morgan fingerprint density at radius 2 is 0.644 bits per heavy atom. The summed E-state index contributed by atoms with van der Waals surface area (Å²) >= 11 is 0. The molecule has 0 aliphatic heterocycles. The summed E-state index contributed by atoms with van der Waals surface area (Å²) < 4.78 is 2.02. The lowest BCUT2D eigenvalue weighted by molar-refractivity contribution is 0.791. The predicted molar refractivity (Wildman–Crippen MR) is 240 cm³/mol. The van der Waals surface area contributed by atoms with Gasteiger partial charge >= 0.3 is 0 Å². The average Bonchev–Trinajstić information content (AvgIpc) is 3.97. The summed E-state index contributed by atoms with van der Waals surface area (Å²) in [5, 5.41) is 2.76. The van der Waals surface area contributed by atoms with Crippen molar-refractivity contribution < 1.29 is 0 Å². The molecule has 9 aromatic carbocycles. The minimum absolute atomic E-state index is 0.0124. The number of benzene rings is 9. The summed E-state index contributed by atoms with van der Waals surface area (Å²) in [6.45, 7) is 0. The van der Waals surface area contributed by atoms with E-state index in [2.05, 4.69) is 188 Å². The van der Waals surface area contributed by atoms with Gasteiger partial charge in [-0.1, -0.05) is 170 Å². The molecule has 272 valence electrons. The number of rotatable bonds is 1. The van der Waals surface area contributed by atoms with Crippen LogP contribution >= 0.6 is 0 Å². The van der Waals surface area contributed by atoms with E-state index in [1.54, 1.807) is 0 Å². The fourth-order valence-electron chi connectivity index (χ4n) is 12.1. The third-order valence-electron chi connectivity index (χ3n) is 14.2. The van der Waals surface area contributed by atoms with E-state index in [0.29, 0.717) is 5.39 Å². The molecule has 0 amide bonds. The molecule has 2 spiro atoms. The van der Waals surface area contributed by atoms with Gasteiger partial charge in [-0.05, 0) is 125 Å². The molecule has 0 radical (unpaired) electrons. The number of fused-ring (bicyclic) bond motifs is 23. The zero-order valence-electron chi connectivity index (χ0n) is 31.9. The van der Waals surface area contributed by atoms with Gasteiger partial charge in [0.05, 0.1) is 16.3 Å². The third kappa shape index (κ3) is 3.56. The Morgan fingerprint density at radius 1 is 0.288 bits per heavy atom. The second kappa shape index (κ2) is 10.9. The summed E-state index contributed by atoms with van der Waals surface area (Å²) in [6, 6.07) is 73.2. The first-order valence-corrected chi connectivity index (χ1v) is 20.6. The standard InChI is InChI=1S/C57H33NO/c59-55-43-22-2-1-15-35(43)45-32-44-41-21-8-14-28-51(41)57(48-25-11-5-18-38(48)39-19-6-12-26-49(39)57)53(44)33-54(45)58(55)34-29-30-42-40-20-7-13-27-50(40)56(52(42)31-34)46-23-9-3-16-36(46)37-17-4-10-24-47(37)56/h1-33H. The molecule has 2 nitrogen and oxygen atoms in total. The molecule has 1 heterocycles. The van der Waals surface area contributed by atoms with E-state index in [9.17, 15) is 0 Å². The van der Waals surface area contributed by atoms with Gasteiger partial charge in [0, 0.05) is 16.5 Å². The van der Waals surface area contributed by atoms with Gasteiger partial charge in [0.15, 0.2) is 0 Å². The van der Waals surface area contributed by atoms with Crippen LogP contribution in [0.4, 0.5) is 0 Å². The maximum Gasteiger partial charge on any atom is 0.263 e. The Kier molecular flexibility index (Phi) is 5.82. The molecule has 0 bridgehead atoms. The van der Waals surface area contributed by atoms with Gasteiger partial charge in [-0.2, -0.15) is 0 Å². The Bertz CT molecular complexity index is 3490. The lowest BCUT2D eigenvalue weighted by atomic mass is 9.70. The highest BCUT2D eigenvalue weighted by Gasteiger charge is 2.53. The monoisotopic (exact) mass is 747 g/mol. The molecular formula is C57H33NO. The maximum absolute atomic E-state index is 15.4. The lowest BCUT2D eigenvalue weighted by Gasteiger charge is -2.31. The van der Waals surface area contributed by atoms with Crippen molar-refractivity contribution in [2.75, 3.05) is 0 Å². The SMILES string of the molecule is O=c1c2ccccc2c2cc3c(cc2n1-c1ccc2c(c1)C1(c4ccccc4-c4ccccc41)c1ccccc1-2)C1(c2ccccc2-c2ccccc21)c1ccccc1-3. The summed E-state index contributed by atoms with van der Waals surface area (Å²) in [5.74, 6) is 0. The van der Waals surface area contributed by atoms with Crippen molar-refractivity contribution in [1.82, 2.24) is 4.57 Å². The van der Waals surface area contributed by atoms with Crippen LogP contribution in [0.2, 0.25) is 0 Å². The minimum Gasteiger partial charge on any atom is -0.276 e. The second-order valence-electron chi connectivity index (χ2n) is 16.6. The first-order chi connectivity index (χ1) is 29.2. The van der Waals surface area contributed by atoms with Crippen LogP contribution in [0.15, 0.2) is 205 Å². The highest BCUT2D eigenvalue weighted by molar-refractivity contribution is 6.10. The first-order valence-electron chi connectivity index (χ1n) is 20.6. The van der Waals surface area contributed by atoms with Crippen LogP contribution in [0.5, 0.6) is 0 Å². The van der Waals surface area contributed by atoms with E-state index >= 15 is 4.79 Å². The molecule has 10 aromatic rings. The predicted octanol–water partition coefficient (Wildman–Crippen LogP) is 12.8. The van der Waals surface area contributed by atoms with Gasteiger partial charge in [0.25, 0.3) is 5.56 Å². The van der Waals surface area contributed by atoms with E-state index in [4.69, 9.17) is 0 Å². The van der Waals surface area contributed by atoms with E-state index in [1.165, 1.54) is 89.0 Å². The minimum atomic E-state index is -0.527. The Labute approximate surface area is 340 Å². The lowest BCUT2D eigenvalue weighted by Crippen LogP contribution is -2.27. The van der Waals surface area contributed by atoms with Crippen LogP contribution in [-0.2, 0) is 10.8 Å². The van der Waals surface area contributed by atoms with E-state index in [1.807, 2.05) is 16.7 Å². The molecule has 1 aromatic heterocycles. The van der Waals surface area contributed by atoms with Crippen molar-refractivity contribution in [1.29, 1.82) is 0 Å². The second-order valence-corrected chi connectivity index (χ2v) is 16.6. The van der Waals surface area contributed by atoms with E-state index in [-0.39, 0.29) is 5.56 Å². The van der Waals surface area contributed by atoms with Crippen molar-refractivity contribution in [3.8, 4) is 50.2 Å². The summed E-state index contributed by atoms with van der Waals surface area (Å²) in [5.41, 5.74) is 20.9. The van der Waals surface area contributed by atoms with Gasteiger partial charge in [-0.3, -0.25) is 9.36 Å². The van der Waals surface area contributed by atoms with E-state index < -0.39 is 10.8 Å². The molecule has 14 rings (SSSR count). The molecule has 0 unspecified atom stereocenters. The van der Waals surface area contributed by atoms with Crippen LogP contribution in [-0.4, -0.2) is 4.57 Å². The zero-order chi connectivity index (χ0) is 38.6. The van der Waals surface area contributed by atoms with Crippen LogP contribution in [0.1, 0.15) is 44.5 Å². The molecule has 4 aliphatic carbocycles. The maximum atomic E-state index is 15.4. The fourth-order valence-corrected chi connectivity index (χ4v) is 12.1. The van der Waals surface area contributed by atoms with Gasteiger partial charge in [-0.15, -0.1) is 0 Å². The molecular weight excluding hydrogens is 715 g/mol. The topological polar surface area (TPSA) is 22.0 Å². The van der Waals surface area contributed by atoms with Gasteiger partial charge in [0.2, 0.25) is 0 Å². The fraction of sp³-hybridized carbons (Fsp3) is 0.0351. The van der Waals surface area contributed by atoms with Crippen molar-refractivity contribution in [3.05, 3.63) is 255 Å². The van der Waals surface area contributed by atoms with Crippen LogP contribution in [0.25, 0.3) is 71.9 Å². The van der Waals surface area contributed by atoms with Gasteiger partial charge < -0.3 is 0 Å². The Balaban J connectivity index is 1.12. The smallest absolute Gasteiger partial charge is 0.263 e. The van der Waals surface area contributed by atoms with Crippen molar-refractivity contribution in [2.24, 2.45) is 0 Å². The molecule has 0 fully saturated rings. The van der Waals surface area contributed by atoms with Crippen molar-refractivity contribution >= 4 is 21.7 Å². The highest BCUT2D eigenvalue weighted by Crippen LogP contribution is 2.65. The molecule has 0 N–H and O–H groups in total. The molecule has 0 saturated carbocycles. The van der Waals surface area contributed by atoms with Crippen LogP contribution in [0, 0.1) is 0 Å². The zero-order valence-corrected chi connectivity index (χ0v) is 31.9. The molecule has 2 heteroatoms. The largest absolute Gasteiger partial charge is 0.276 e. The molecule has 0 atom stereocenters. The quantitative estimate of drug-likeness (QED) is 0.153. The van der Waals surface area contributed by atoms with Crippen molar-refractivity contribution in [3.63, 3.8) is 0 Å². The van der Waals surface area contributed by atoms with Gasteiger partial charge in [0.1, 0.15) is 0 Å². The summed E-state index contributed by atoms with van der Waals surface area (Å²) in [6.07, 6.45) is 0. The van der Waals surface area contributed by atoms with Crippen LogP contribution in [0.3, 0.4) is 0 Å². The van der Waals surface area contributed by atoms with Crippen molar-refractivity contribution in [2.45, 2.75) is 10.8 Å². The molecule has 59 heavy (non-hydrogen) atoms. The Morgan fingerprint density at radius 3 is 1.10 bits per heavy atom. The summed E-state index contributed by atoms with van der Waals surface area (Å²) in [4.78, 5) is 15.4. The number of hydrogen-bond acceptors (Lipinski definition) is 1. The summed E-state index contributed by atoms with van der Waals surface area (Å²) in [7, 11) is 0.